The molecule has 3 N–H and O–H groups in total. The Hall–Kier alpha value is -1.70. The second-order valence-corrected chi connectivity index (χ2v) is 11.7. The molecule has 1 heterocycles. The van der Waals surface area contributed by atoms with Crippen LogP contribution < -0.4 is 0 Å². The number of amides is 1. The van der Waals surface area contributed by atoms with Gasteiger partial charge >= 0.3 is 6.09 Å². The first-order chi connectivity index (χ1) is 15.5. The van der Waals surface area contributed by atoms with Crippen molar-refractivity contribution in [2.75, 3.05) is 19.7 Å². The van der Waals surface area contributed by atoms with Gasteiger partial charge in [0, 0.05) is 19.0 Å². The maximum atomic E-state index is 14.3. The molecule has 33 heavy (non-hydrogen) atoms. The number of ether oxygens (including phenoxy) is 1. The van der Waals surface area contributed by atoms with Crippen molar-refractivity contribution in [3.8, 4) is 0 Å². The third-order valence-electron chi connectivity index (χ3n) is 9.73. The van der Waals surface area contributed by atoms with Crippen molar-refractivity contribution in [3.05, 3.63) is 23.3 Å². The molecule has 0 aromatic heterocycles. The van der Waals surface area contributed by atoms with Crippen molar-refractivity contribution in [1.29, 1.82) is 0 Å². The topological polar surface area (TPSA) is 107 Å². The number of rotatable bonds is 2. The van der Waals surface area contributed by atoms with Gasteiger partial charge in [-0.1, -0.05) is 32.9 Å². The van der Waals surface area contributed by atoms with Gasteiger partial charge in [-0.2, -0.15) is 0 Å². The fraction of sp³-hybridized carbons (Fsp3) is 0.769. The Labute approximate surface area is 195 Å². The molecule has 3 fully saturated rings. The van der Waals surface area contributed by atoms with E-state index < -0.39 is 41.8 Å². The zero-order valence-electron chi connectivity index (χ0n) is 20.1. The van der Waals surface area contributed by atoms with Crippen molar-refractivity contribution >= 4 is 11.9 Å². The van der Waals surface area contributed by atoms with E-state index in [4.69, 9.17) is 4.74 Å². The van der Waals surface area contributed by atoms with Gasteiger partial charge in [0.1, 0.15) is 6.10 Å². The van der Waals surface area contributed by atoms with Crippen LogP contribution in [0.15, 0.2) is 23.3 Å². The summed E-state index contributed by atoms with van der Waals surface area (Å²) in [5.41, 5.74) is -2.66. The summed E-state index contributed by atoms with van der Waals surface area (Å²) >= 11 is 0. The predicted octanol–water partition coefficient (Wildman–Crippen LogP) is 2.45. The molecule has 2 bridgehead atoms. The Kier molecular flexibility index (Phi) is 5.17. The molecule has 1 spiro atoms. The van der Waals surface area contributed by atoms with Crippen LogP contribution in [-0.4, -0.2) is 69.6 Å². The van der Waals surface area contributed by atoms with Crippen molar-refractivity contribution in [2.24, 2.45) is 34.5 Å². The van der Waals surface area contributed by atoms with Crippen LogP contribution in [0, 0.1) is 34.5 Å². The Morgan fingerprint density at radius 3 is 2.55 bits per heavy atom. The molecule has 182 valence electrons. The first-order valence-corrected chi connectivity index (χ1v) is 12.4. The molecule has 0 unspecified atom stereocenters. The summed E-state index contributed by atoms with van der Waals surface area (Å²) in [6, 6.07) is 0. The summed E-state index contributed by atoms with van der Waals surface area (Å²) < 4.78 is 5.90. The highest BCUT2D eigenvalue weighted by atomic mass is 16.6. The number of carbonyl (C=O) groups is 2. The second-order valence-electron chi connectivity index (χ2n) is 11.7. The van der Waals surface area contributed by atoms with E-state index in [0.717, 1.165) is 25.7 Å². The van der Waals surface area contributed by atoms with E-state index in [1.807, 2.05) is 6.92 Å². The quantitative estimate of drug-likeness (QED) is 0.548. The van der Waals surface area contributed by atoms with Gasteiger partial charge in [-0.3, -0.25) is 4.79 Å². The van der Waals surface area contributed by atoms with E-state index in [-0.39, 0.29) is 28.6 Å². The molecule has 5 rings (SSSR count). The highest BCUT2D eigenvalue weighted by molar-refractivity contribution is 5.95. The summed E-state index contributed by atoms with van der Waals surface area (Å²) in [6.07, 6.45) is 3.87. The van der Waals surface area contributed by atoms with Crippen LogP contribution in [0.4, 0.5) is 4.79 Å². The fourth-order valence-electron chi connectivity index (χ4n) is 7.85. The van der Waals surface area contributed by atoms with E-state index in [1.54, 1.807) is 24.0 Å². The molecule has 2 saturated carbocycles. The van der Waals surface area contributed by atoms with Gasteiger partial charge in [0.2, 0.25) is 0 Å². The summed E-state index contributed by atoms with van der Waals surface area (Å²) in [7, 11) is 0. The number of piperidine rings is 1. The van der Waals surface area contributed by atoms with Crippen molar-refractivity contribution in [2.45, 2.75) is 71.2 Å². The molecule has 7 heteroatoms. The number of allylic oxidation sites excluding steroid dienone is 1. The summed E-state index contributed by atoms with van der Waals surface area (Å²) in [5, 5.41) is 34.0. The van der Waals surface area contributed by atoms with Crippen LogP contribution in [-0.2, 0) is 9.53 Å². The monoisotopic (exact) mass is 459 g/mol. The zero-order chi connectivity index (χ0) is 23.9. The minimum absolute atomic E-state index is 0.0157. The number of Topliss-reactive ketones (excluding diaryl/α,β-unsaturated/α-hetero) is 1. The van der Waals surface area contributed by atoms with Gasteiger partial charge in [-0.25, -0.2) is 4.79 Å². The Morgan fingerprint density at radius 1 is 1.24 bits per heavy atom. The minimum atomic E-state index is -2.07. The van der Waals surface area contributed by atoms with Crippen molar-refractivity contribution in [1.82, 2.24) is 4.90 Å². The van der Waals surface area contributed by atoms with E-state index in [1.165, 1.54) is 0 Å². The van der Waals surface area contributed by atoms with Gasteiger partial charge in [0.15, 0.2) is 17.5 Å². The molecule has 8 atom stereocenters. The fourth-order valence-corrected chi connectivity index (χ4v) is 7.85. The molecule has 5 aliphatic rings. The Bertz CT molecular complexity index is 933. The average Bonchev–Trinajstić information content (AvgIpc) is 3.28. The van der Waals surface area contributed by atoms with Gasteiger partial charge in [0.05, 0.1) is 12.0 Å². The summed E-state index contributed by atoms with van der Waals surface area (Å²) in [5.74, 6) is -0.467. The molecule has 4 aliphatic carbocycles. The molecule has 1 amide bonds. The molecule has 7 nitrogen and oxygen atoms in total. The number of aliphatic hydroxyl groups excluding tert-OH is 2. The molecule has 0 aromatic rings. The molecule has 1 aliphatic heterocycles. The number of hydrogen-bond donors (Lipinski definition) is 3. The third kappa shape index (κ3) is 2.85. The highest BCUT2D eigenvalue weighted by Crippen LogP contribution is 2.71. The summed E-state index contributed by atoms with van der Waals surface area (Å²) in [4.78, 5) is 29.0. The van der Waals surface area contributed by atoms with E-state index in [9.17, 15) is 24.9 Å². The third-order valence-corrected chi connectivity index (χ3v) is 9.73. The SMILES string of the molecule is CC1=C[C@]23C(=O)[C@@H](C=C(CO)[C@@H](O)[C@]2(O)[C@H]1OC(=O)N1CCCCC1)[C@H]1[C@@H](C[C@H]3C)C1(C)C. The van der Waals surface area contributed by atoms with Crippen molar-refractivity contribution < 1.29 is 29.6 Å². The normalized spacial score (nSPS) is 45.8. The lowest BCUT2D eigenvalue weighted by Gasteiger charge is -2.49. The predicted molar refractivity (Wildman–Crippen MR) is 121 cm³/mol. The van der Waals surface area contributed by atoms with Gasteiger partial charge < -0.3 is 25.0 Å². The maximum absolute atomic E-state index is 14.3. The lowest BCUT2D eigenvalue weighted by atomic mass is 9.59. The average molecular weight is 460 g/mol. The van der Waals surface area contributed by atoms with Crippen LogP contribution in [0.5, 0.6) is 0 Å². The molecule has 1 saturated heterocycles. The minimum Gasteiger partial charge on any atom is -0.438 e. The molecular formula is C26H37NO6. The maximum Gasteiger partial charge on any atom is 0.410 e. The van der Waals surface area contributed by atoms with E-state index in [2.05, 4.69) is 13.8 Å². The summed E-state index contributed by atoms with van der Waals surface area (Å²) in [6.45, 7) is 8.77. The Balaban J connectivity index is 1.60. The first kappa shape index (κ1) is 23.1. The lowest BCUT2D eigenvalue weighted by molar-refractivity contribution is -0.191. The Morgan fingerprint density at radius 2 is 1.91 bits per heavy atom. The van der Waals surface area contributed by atoms with E-state index >= 15 is 0 Å². The van der Waals surface area contributed by atoms with Gasteiger partial charge in [-0.05, 0) is 66.9 Å². The van der Waals surface area contributed by atoms with E-state index in [0.29, 0.717) is 24.6 Å². The number of nitrogens with zero attached hydrogens (tertiary/aromatic N) is 1. The molecular weight excluding hydrogens is 422 g/mol. The van der Waals surface area contributed by atoms with Crippen LogP contribution in [0.2, 0.25) is 0 Å². The number of likely N-dealkylation sites (tertiary alicyclic amines) is 1. The zero-order valence-corrected chi connectivity index (χ0v) is 20.1. The van der Waals surface area contributed by atoms with Crippen LogP contribution >= 0.6 is 0 Å². The standard InChI is InChI=1S/C26H37NO6/c1-14-12-25-15(2)10-18-19(24(18,3)4)17(21(25)30)11-16(13-28)20(29)26(25,32)22(14)33-23(31)27-8-6-5-7-9-27/h11-12,15,17-20,22,28-29,32H,5-10,13H2,1-4H3/t15-,17+,18-,19+,20-,22+,25+,26+/m1/s1. The first-order valence-electron chi connectivity index (χ1n) is 12.4. The van der Waals surface area contributed by atoms with Crippen molar-refractivity contribution in [3.63, 3.8) is 0 Å². The van der Waals surface area contributed by atoms with Crippen LogP contribution in [0.25, 0.3) is 0 Å². The number of hydrogen-bond acceptors (Lipinski definition) is 6. The van der Waals surface area contributed by atoms with Crippen LogP contribution in [0.1, 0.15) is 53.4 Å². The lowest BCUT2D eigenvalue weighted by Crippen LogP contribution is -2.66. The number of fused-ring (bicyclic) bond motifs is 3. The number of aliphatic hydroxyl groups is 3. The number of ketones is 1. The largest absolute Gasteiger partial charge is 0.438 e. The van der Waals surface area contributed by atoms with Gasteiger partial charge in [0.25, 0.3) is 0 Å². The molecule has 0 aromatic carbocycles. The van der Waals surface area contributed by atoms with Crippen LogP contribution in [0.3, 0.4) is 0 Å². The molecule has 0 radical (unpaired) electrons. The number of carbonyl (C=O) groups excluding carboxylic acids is 2. The van der Waals surface area contributed by atoms with Gasteiger partial charge in [-0.15, -0.1) is 0 Å². The highest BCUT2D eigenvalue weighted by Gasteiger charge is 2.76. The smallest absolute Gasteiger partial charge is 0.410 e. The second kappa shape index (κ2) is 7.40.